The van der Waals surface area contributed by atoms with E-state index in [9.17, 15) is 26.4 Å². The molecule has 0 bridgehead atoms. The highest BCUT2D eigenvalue weighted by atomic mass is 32.2. The summed E-state index contributed by atoms with van der Waals surface area (Å²) < 4.78 is 79.5. The van der Waals surface area contributed by atoms with E-state index in [-0.39, 0.29) is 6.42 Å². The third-order valence-corrected chi connectivity index (χ3v) is 7.31. The van der Waals surface area contributed by atoms with E-state index in [1.165, 1.54) is 7.11 Å². The summed E-state index contributed by atoms with van der Waals surface area (Å²) in [6.45, 7) is 7.60. The van der Waals surface area contributed by atoms with Gasteiger partial charge in [0.2, 0.25) is 5.60 Å². The molecular formula is C13H25F3O6SSi. The summed E-state index contributed by atoms with van der Waals surface area (Å²) in [7, 11) is -5.54. The Bertz CT molecular complexity index is 559. The fourth-order valence-corrected chi connectivity index (χ4v) is 5.98. The molecule has 0 aliphatic heterocycles. The standard InChI is InChI=1S/C13H25F3O6SSi/c1-11(2,9-24(5,6)21-4)7-10(17)22-12(3,13(14,15)16)8-23(18,19)20/h7-9H2,1-6H3,(H,18,19,20). The lowest BCUT2D eigenvalue weighted by molar-refractivity contribution is -0.256. The topological polar surface area (TPSA) is 89.9 Å². The van der Waals surface area contributed by atoms with Gasteiger partial charge in [0.15, 0.2) is 8.32 Å². The molecule has 0 aromatic heterocycles. The molecule has 1 atom stereocenters. The second-order valence-corrected chi connectivity index (χ2v) is 13.1. The number of halogens is 3. The first kappa shape index (κ1) is 23.3. The molecule has 0 saturated heterocycles. The molecule has 24 heavy (non-hydrogen) atoms. The predicted octanol–water partition coefficient (Wildman–Crippen LogP) is 3.01. The van der Waals surface area contributed by atoms with Crippen molar-refractivity contribution in [2.75, 3.05) is 12.9 Å². The minimum absolute atomic E-state index is 0.343. The number of hydrogen-bond acceptors (Lipinski definition) is 5. The van der Waals surface area contributed by atoms with E-state index in [1.54, 1.807) is 13.8 Å². The minimum atomic E-state index is -5.15. The van der Waals surface area contributed by atoms with Gasteiger partial charge in [-0.15, -0.1) is 0 Å². The van der Waals surface area contributed by atoms with Crippen molar-refractivity contribution in [3.63, 3.8) is 0 Å². The molecule has 144 valence electrons. The van der Waals surface area contributed by atoms with Gasteiger partial charge >= 0.3 is 12.1 Å². The van der Waals surface area contributed by atoms with Crippen LogP contribution < -0.4 is 0 Å². The number of alkyl halides is 3. The summed E-state index contributed by atoms with van der Waals surface area (Å²) >= 11 is 0. The Morgan fingerprint density at radius 1 is 1.17 bits per heavy atom. The van der Waals surface area contributed by atoms with Gasteiger partial charge in [0.05, 0.1) is 6.42 Å². The fraction of sp³-hybridized carbons (Fsp3) is 0.923. The normalized spacial score (nSPS) is 16.6. The Labute approximate surface area is 141 Å². The number of esters is 1. The first-order valence-electron chi connectivity index (χ1n) is 7.11. The Morgan fingerprint density at radius 3 is 1.96 bits per heavy atom. The van der Waals surface area contributed by atoms with Gasteiger partial charge in [-0.25, -0.2) is 0 Å². The second-order valence-electron chi connectivity index (χ2n) is 7.41. The van der Waals surface area contributed by atoms with Crippen molar-refractivity contribution in [1.82, 2.24) is 0 Å². The van der Waals surface area contributed by atoms with Crippen LogP contribution in [-0.4, -0.2) is 51.9 Å². The molecule has 0 aromatic rings. The smallest absolute Gasteiger partial charge is 0.429 e. The van der Waals surface area contributed by atoms with E-state index in [1.807, 2.05) is 13.1 Å². The Balaban J connectivity index is 5.23. The van der Waals surface area contributed by atoms with Gasteiger partial charge in [0, 0.05) is 7.11 Å². The van der Waals surface area contributed by atoms with Crippen molar-refractivity contribution in [1.29, 1.82) is 0 Å². The first-order chi connectivity index (χ1) is 10.3. The monoisotopic (exact) mass is 394 g/mol. The third kappa shape index (κ3) is 7.95. The number of carbonyl (C=O) groups excluding carboxylic acids is 1. The van der Waals surface area contributed by atoms with Crippen LogP contribution in [0.5, 0.6) is 0 Å². The number of rotatable bonds is 8. The fourth-order valence-electron chi connectivity index (χ4n) is 2.48. The van der Waals surface area contributed by atoms with E-state index in [2.05, 4.69) is 4.74 Å². The SMILES string of the molecule is CO[Si](C)(C)CC(C)(C)CC(=O)OC(C)(CS(=O)(=O)O)C(F)(F)F. The summed E-state index contributed by atoms with van der Waals surface area (Å²) in [5, 5.41) is 0. The van der Waals surface area contributed by atoms with Gasteiger partial charge in [-0.2, -0.15) is 21.6 Å². The molecule has 0 radical (unpaired) electrons. The Hall–Kier alpha value is -0.653. The van der Waals surface area contributed by atoms with Crippen LogP contribution in [-0.2, 0) is 24.1 Å². The van der Waals surface area contributed by atoms with Gasteiger partial charge in [-0.1, -0.05) is 13.8 Å². The molecule has 0 aliphatic rings. The maximum absolute atomic E-state index is 13.1. The molecule has 0 amide bonds. The highest BCUT2D eigenvalue weighted by Crippen LogP contribution is 2.37. The lowest BCUT2D eigenvalue weighted by Gasteiger charge is -2.34. The summed E-state index contributed by atoms with van der Waals surface area (Å²) in [4.78, 5) is 12.0. The summed E-state index contributed by atoms with van der Waals surface area (Å²) in [5.41, 5.74) is -4.00. The van der Waals surface area contributed by atoms with Gasteiger partial charge in [-0.3, -0.25) is 9.35 Å². The lowest BCUT2D eigenvalue weighted by Crippen LogP contribution is -2.51. The highest BCUT2D eigenvalue weighted by molar-refractivity contribution is 7.85. The van der Waals surface area contributed by atoms with Crippen molar-refractivity contribution >= 4 is 24.4 Å². The van der Waals surface area contributed by atoms with E-state index in [0.29, 0.717) is 13.0 Å². The van der Waals surface area contributed by atoms with Gasteiger partial charge in [0.1, 0.15) is 5.75 Å². The molecule has 0 spiro atoms. The molecule has 1 unspecified atom stereocenters. The molecule has 0 heterocycles. The van der Waals surface area contributed by atoms with Crippen LogP contribution in [0.25, 0.3) is 0 Å². The van der Waals surface area contributed by atoms with Crippen LogP contribution in [0.3, 0.4) is 0 Å². The lowest BCUT2D eigenvalue weighted by atomic mass is 9.92. The van der Waals surface area contributed by atoms with Crippen molar-refractivity contribution < 1.29 is 40.1 Å². The van der Waals surface area contributed by atoms with Gasteiger partial charge in [0.25, 0.3) is 10.1 Å². The Morgan fingerprint density at radius 2 is 1.62 bits per heavy atom. The maximum Gasteiger partial charge on any atom is 0.429 e. The number of hydrogen-bond donors (Lipinski definition) is 1. The van der Waals surface area contributed by atoms with Crippen LogP contribution >= 0.6 is 0 Å². The van der Waals surface area contributed by atoms with E-state index in [4.69, 9.17) is 8.98 Å². The number of ether oxygens (including phenoxy) is 1. The molecule has 11 heteroatoms. The van der Waals surface area contributed by atoms with Crippen LogP contribution in [0.4, 0.5) is 13.2 Å². The van der Waals surface area contributed by atoms with Crippen LogP contribution in [0, 0.1) is 5.41 Å². The highest BCUT2D eigenvalue weighted by Gasteiger charge is 2.57. The van der Waals surface area contributed by atoms with Gasteiger partial charge < -0.3 is 9.16 Å². The van der Waals surface area contributed by atoms with E-state index in [0.717, 1.165) is 0 Å². The molecule has 1 N–H and O–H groups in total. The molecular weight excluding hydrogens is 369 g/mol. The summed E-state index contributed by atoms with van der Waals surface area (Å²) in [5.74, 6) is -2.95. The summed E-state index contributed by atoms with van der Waals surface area (Å²) in [6, 6.07) is 0.493. The largest absolute Gasteiger partial charge is 0.448 e. The average Bonchev–Trinajstić information content (AvgIpc) is 2.21. The molecule has 0 fully saturated rings. The molecule has 0 saturated carbocycles. The van der Waals surface area contributed by atoms with Crippen molar-refractivity contribution in [2.45, 2.75) is 58.1 Å². The molecule has 6 nitrogen and oxygen atoms in total. The zero-order chi connectivity index (χ0) is 19.6. The van der Waals surface area contributed by atoms with Crippen molar-refractivity contribution in [2.24, 2.45) is 5.41 Å². The minimum Gasteiger partial charge on any atom is -0.448 e. The molecule has 0 rings (SSSR count). The zero-order valence-corrected chi connectivity index (χ0v) is 16.5. The molecule has 0 aliphatic carbocycles. The molecule has 0 aromatic carbocycles. The first-order valence-corrected chi connectivity index (χ1v) is 11.8. The van der Waals surface area contributed by atoms with Gasteiger partial charge in [-0.05, 0) is 31.5 Å². The summed E-state index contributed by atoms with van der Waals surface area (Å²) in [6.07, 6.45) is -5.49. The van der Waals surface area contributed by atoms with Crippen molar-refractivity contribution in [3.8, 4) is 0 Å². The van der Waals surface area contributed by atoms with Crippen molar-refractivity contribution in [3.05, 3.63) is 0 Å². The van der Waals surface area contributed by atoms with E-state index >= 15 is 0 Å². The third-order valence-electron chi connectivity index (χ3n) is 3.48. The van der Waals surface area contributed by atoms with Crippen LogP contribution in [0.1, 0.15) is 27.2 Å². The Kier molecular flexibility index (Phi) is 7.10. The second kappa shape index (κ2) is 7.30. The number of carbonyl (C=O) groups is 1. The van der Waals surface area contributed by atoms with E-state index < -0.39 is 47.4 Å². The average molecular weight is 394 g/mol. The van der Waals surface area contributed by atoms with Crippen LogP contribution in [0.15, 0.2) is 0 Å². The maximum atomic E-state index is 13.1. The van der Waals surface area contributed by atoms with Crippen LogP contribution in [0.2, 0.25) is 19.1 Å². The zero-order valence-electron chi connectivity index (χ0n) is 14.7. The predicted molar refractivity (Wildman–Crippen MR) is 84.7 cm³/mol. The quantitative estimate of drug-likeness (QED) is 0.387.